The van der Waals surface area contributed by atoms with E-state index in [1.807, 2.05) is 42.5 Å². The molecule has 98 valence electrons. The highest BCUT2D eigenvalue weighted by atomic mass is 16.2. The maximum absolute atomic E-state index is 11.7. The molecule has 0 aliphatic heterocycles. The monoisotopic (exact) mass is 256 g/mol. The van der Waals surface area contributed by atoms with Gasteiger partial charge in [-0.25, -0.2) is 4.79 Å². The minimum absolute atomic E-state index is 0.264. The summed E-state index contributed by atoms with van der Waals surface area (Å²) >= 11 is 0. The lowest BCUT2D eigenvalue weighted by molar-refractivity contribution is 0.251. The molecule has 0 spiro atoms. The number of carbonyl (C=O) groups is 1. The lowest BCUT2D eigenvalue weighted by Crippen LogP contribution is -2.28. The smallest absolute Gasteiger partial charge is 0.319 e. The Bertz CT molecular complexity index is 542. The first-order chi connectivity index (χ1) is 9.28. The van der Waals surface area contributed by atoms with E-state index in [0.29, 0.717) is 13.1 Å². The van der Waals surface area contributed by atoms with E-state index in [-0.39, 0.29) is 6.03 Å². The number of carbonyl (C=O) groups excluding carboxylic acids is 1. The third kappa shape index (κ3) is 4.08. The predicted molar refractivity (Wildman–Crippen MR) is 74.4 cm³/mol. The number of benzene rings is 1. The molecule has 1 heterocycles. The number of nitrogens with one attached hydrogen (secondary N) is 2. The maximum atomic E-state index is 11.7. The summed E-state index contributed by atoms with van der Waals surface area (Å²) in [5.74, 6) is 0. The molecule has 0 fully saturated rings. The second-order valence-corrected chi connectivity index (χ2v) is 4.03. The average Bonchev–Trinajstić information content (AvgIpc) is 2.46. The summed E-state index contributed by atoms with van der Waals surface area (Å²) in [5.41, 5.74) is 8.06. The second kappa shape index (κ2) is 6.51. The molecule has 0 radical (unpaired) electrons. The van der Waals surface area contributed by atoms with E-state index in [9.17, 15) is 4.79 Å². The molecule has 5 nitrogen and oxygen atoms in total. The van der Waals surface area contributed by atoms with E-state index < -0.39 is 0 Å². The number of urea groups is 1. The number of anilines is 1. The van der Waals surface area contributed by atoms with Crippen molar-refractivity contribution in [3.05, 3.63) is 59.9 Å². The molecule has 2 aromatic rings. The van der Waals surface area contributed by atoms with Crippen LogP contribution in [0.15, 0.2) is 48.7 Å². The van der Waals surface area contributed by atoms with E-state index in [1.165, 1.54) is 0 Å². The first kappa shape index (κ1) is 13.0. The highest BCUT2D eigenvalue weighted by Crippen LogP contribution is 2.09. The van der Waals surface area contributed by atoms with Gasteiger partial charge in [-0.2, -0.15) is 0 Å². The summed E-state index contributed by atoms with van der Waals surface area (Å²) in [7, 11) is 0. The van der Waals surface area contributed by atoms with Crippen LogP contribution in [-0.2, 0) is 13.1 Å². The molecule has 2 rings (SSSR count). The zero-order chi connectivity index (χ0) is 13.5. The van der Waals surface area contributed by atoms with Crippen molar-refractivity contribution in [2.75, 3.05) is 5.32 Å². The number of nitrogens with zero attached hydrogens (tertiary/aromatic N) is 1. The fourth-order valence-corrected chi connectivity index (χ4v) is 1.62. The first-order valence-corrected chi connectivity index (χ1v) is 6.01. The van der Waals surface area contributed by atoms with Crippen LogP contribution in [0.5, 0.6) is 0 Å². The van der Waals surface area contributed by atoms with Crippen molar-refractivity contribution in [2.45, 2.75) is 13.1 Å². The fourth-order valence-electron chi connectivity index (χ4n) is 1.62. The molecule has 0 saturated heterocycles. The van der Waals surface area contributed by atoms with Crippen LogP contribution in [0, 0.1) is 0 Å². The van der Waals surface area contributed by atoms with E-state index in [0.717, 1.165) is 16.9 Å². The van der Waals surface area contributed by atoms with Gasteiger partial charge < -0.3 is 16.4 Å². The summed E-state index contributed by atoms with van der Waals surface area (Å²) in [6.07, 6.45) is 1.69. The van der Waals surface area contributed by atoms with Crippen LogP contribution >= 0.6 is 0 Å². The minimum atomic E-state index is -0.264. The first-order valence-electron chi connectivity index (χ1n) is 6.01. The molecule has 1 aromatic heterocycles. The number of rotatable bonds is 4. The summed E-state index contributed by atoms with van der Waals surface area (Å²) in [6.45, 7) is 0.842. The number of nitrogens with two attached hydrogens (primary N) is 1. The zero-order valence-corrected chi connectivity index (χ0v) is 10.5. The Kier molecular flexibility index (Phi) is 4.47. The number of pyridine rings is 1. The maximum Gasteiger partial charge on any atom is 0.319 e. The van der Waals surface area contributed by atoms with Crippen LogP contribution in [0.4, 0.5) is 10.5 Å². The van der Waals surface area contributed by atoms with Gasteiger partial charge >= 0.3 is 6.03 Å². The third-order valence-electron chi connectivity index (χ3n) is 2.58. The van der Waals surface area contributed by atoms with Gasteiger partial charge in [-0.05, 0) is 29.8 Å². The van der Waals surface area contributed by atoms with Crippen LogP contribution in [0.1, 0.15) is 11.3 Å². The van der Waals surface area contributed by atoms with Gasteiger partial charge in [0.05, 0.1) is 12.2 Å². The van der Waals surface area contributed by atoms with Gasteiger partial charge in [-0.15, -0.1) is 0 Å². The van der Waals surface area contributed by atoms with Gasteiger partial charge in [0.15, 0.2) is 0 Å². The molecule has 0 aliphatic carbocycles. The van der Waals surface area contributed by atoms with Crippen molar-refractivity contribution in [2.24, 2.45) is 5.73 Å². The predicted octanol–water partition coefficient (Wildman–Crippen LogP) is 1.86. The minimum Gasteiger partial charge on any atom is -0.332 e. The molecule has 0 saturated carbocycles. The van der Waals surface area contributed by atoms with Crippen LogP contribution in [0.3, 0.4) is 0 Å². The SMILES string of the molecule is NCc1cccc(NC(=O)NCc2ccccn2)c1. The molecule has 0 atom stereocenters. The molecule has 4 N–H and O–H groups in total. The third-order valence-corrected chi connectivity index (χ3v) is 2.58. The van der Waals surface area contributed by atoms with Crippen molar-refractivity contribution >= 4 is 11.7 Å². The lowest BCUT2D eigenvalue weighted by Gasteiger charge is -2.08. The molecular weight excluding hydrogens is 240 g/mol. The number of aromatic nitrogens is 1. The number of hydrogen-bond acceptors (Lipinski definition) is 3. The molecule has 2 amide bonds. The average molecular weight is 256 g/mol. The number of hydrogen-bond donors (Lipinski definition) is 3. The highest BCUT2D eigenvalue weighted by molar-refractivity contribution is 5.89. The Morgan fingerprint density at radius 3 is 2.84 bits per heavy atom. The topological polar surface area (TPSA) is 80.0 Å². The van der Waals surface area contributed by atoms with Crippen molar-refractivity contribution in [3.63, 3.8) is 0 Å². The van der Waals surface area contributed by atoms with Crippen LogP contribution in [-0.4, -0.2) is 11.0 Å². The molecule has 0 unspecified atom stereocenters. The Morgan fingerprint density at radius 2 is 2.11 bits per heavy atom. The lowest BCUT2D eigenvalue weighted by atomic mass is 10.2. The van der Waals surface area contributed by atoms with Gasteiger partial charge in [0, 0.05) is 18.4 Å². The van der Waals surface area contributed by atoms with E-state index >= 15 is 0 Å². The van der Waals surface area contributed by atoms with E-state index in [1.54, 1.807) is 6.20 Å². The molecule has 0 bridgehead atoms. The van der Waals surface area contributed by atoms with Crippen LogP contribution in [0.25, 0.3) is 0 Å². The summed E-state index contributed by atoms with van der Waals surface area (Å²) in [5, 5.41) is 5.49. The Labute approximate surface area is 111 Å². The molecule has 5 heteroatoms. The van der Waals surface area contributed by atoms with Crippen molar-refractivity contribution in [1.29, 1.82) is 0 Å². The Hall–Kier alpha value is -2.40. The quantitative estimate of drug-likeness (QED) is 0.781. The van der Waals surface area contributed by atoms with Gasteiger partial charge in [0.25, 0.3) is 0 Å². The van der Waals surface area contributed by atoms with E-state index in [2.05, 4.69) is 15.6 Å². The molecule has 19 heavy (non-hydrogen) atoms. The Morgan fingerprint density at radius 1 is 1.21 bits per heavy atom. The van der Waals surface area contributed by atoms with Gasteiger partial charge in [0.1, 0.15) is 0 Å². The Balaban J connectivity index is 1.87. The summed E-state index contributed by atoms with van der Waals surface area (Å²) in [4.78, 5) is 15.8. The molecular formula is C14H16N4O. The highest BCUT2D eigenvalue weighted by Gasteiger charge is 2.02. The normalized spacial score (nSPS) is 9.95. The molecule has 1 aromatic carbocycles. The van der Waals surface area contributed by atoms with Crippen molar-refractivity contribution in [1.82, 2.24) is 10.3 Å². The molecule has 0 aliphatic rings. The van der Waals surface area contributed by atoms with Gasteiger partial charge in [0.2, 0.25) is 0 Å². The van der Waals surface area contributed by atoms with E-state index in [4.69, 9.17) is 5.73 Å². The standard InChI is InChI=1S/C14H16N4O/c15-9-11-4-3-6-12(8-11)18-14(19)17-10-13-5-1-2-7-16-13/h1-8H,9-10,15H2,(H2,17,18,19). The largest absolute Gasteiger partial charge is 0.332 e. The van der Waals surface area contributed by atoms with Crippen LogP contribution in [0.2, 0.25) is 0 Å². The number of amides is 2. The zero-order valence-electron chi connectivity index (χ0n) is 10.5. The van der Waals surface area contributed by atoms with Crippen molar-refractivity contribution in [3.8, 4) is 0 Å². The summed E-state index contributed by atoms with van der Waals surface area (Å²) < 4.78 is 0. The van der Waals surface area contributed by atoms with Gasteiger partial charge in [-0.3, -0.25) is 4.98 Å². The fraction of sp³-hybridized carbons (Fsp3) is 0.143. The second-order valence-electron chi connectivity index (χ2n) is 4.03. The van der Waals surface area contributed by atoms with Crippen LogP contribution < -0.4 is 16.4 Å². The van der Waals surface area contributed by atoms with Gasteiger partial charge in [-0.1, -0.05) is 18.2 Å². The van der Waals surface area contributed by atoms with Crippen molar-refractivity contribution < 1.29 is 4.79 Å². The summed E-state index contributed by atoms with van der Waals surface area (Å²) in [6, 6.07) is 12.7.